The summed E-state index contributed by atoms with van der Waals surface area (Å²) in [6.07, 6.45) is 2.47. The van der Waals surface area contributed by atoms with Gasteiger partial charge in [0, 0.05) is 32.7 Å². The van der Waals surface area contributed by atoms with Gasteiger partial charge in [0.2, 0.25) is 5.91 Å². The lowest BCUT2D eigenvalue weighted by atomic mass is 10.00. The zero-order valence-corrected chi connectivity index (χ0v) is 18.1. The smallest absolute Gasteiger partial charge is 0.356 e. The number of fused-ring (bicyclic) bond motifs is 1. The molecule has 1 unspecified atom stereocenters. The van der Waals surface area contributed by atoms with E-state index >= 15 is 0 Å². The summed E-state index contributed by atoms with van der Waals surface area (Å²) in [6.45, 7) is 5.97. The van der Waals surface area contributed by atoms with Crippen molar-refractivity contribution in [3.05, 3.63) is 18.0 Å². The second kappa shape index (κ2) is 9.23. The number of amides is 1. The Morgan fingerprint density at radius 1 is 1.28 bits per heavy atom. The van der Waals surface area contributed by atoms with Crippen molar-refractivity contribution in [2.75, 3.05) is 38.6 Å². The molecule has 0 bridgehead atoms. The molecule has 1 atom stereocenters. The topological polar surface area (TPSA) is 104 Å². The first kappa shape index (κ1) is 22.6. The highest BCUT2D eigenvalue weighted by atomic mass is 16.5. The first-order chi connectivity index (χ1) is 13.6. The fraction of sp³-hybridized carbons (Fsp3) is 0.550. The normalized spacial score (nSPS) is 12.7. The minimum absolute atomic E-state index is 0.111. The molecule has 0 aliphatic heterocycles. The van der Waals surface area contributed by atoms with Crippen molar-refractivity contribution in [2.24, 2.45) is 7.05 Å². The molecule has 0 saturated heterocycles. The summed E-state index contributed by atoms with van der Waals surface area (Å²) in [7, 11) is 6.11. The summed E-state index contributed by atoms with van der Waals surface area (Å²) >= 11 is 0. The van der Waals surface area contributed by atoms with E-state index in [1.165, 1.54) is 14.2 Å². The van der Waals surface area contributed by atoms with E-state index in [1.54, 1.807) is 24.9 Å². The number of rotatable bonds is 9. The number of nitrogens with one attached hydrogen (secondary N) is 2. The quantitative estimate of drug-likeness (QED) is 0.617. The Bertz CT molecular complexity index is 891. The Morgan fingerprint density at radius 2 is 1.97 bits per heavy atom. The molecule has 9 nitrogen and oxygen atoms in total. The van der Waals surface area contributed by atoms with Crippen molar-refractivity contribution < 1.29 is 23.8 Å². The predicted molar refractivity (Wildman–Crippen MR) is 111 cm³/mol. The Balaban J connectivity index is 2.45. The van der Waals surface area contributed by atoms with Crippen molar-refractivity contribution in [1.82, 2.24) is 9.55 Å². The van der Waals surface area contributed by atoms with Crippen LogP contribution in [0.15, 0.2) is 12.3 Å². The zero-order valence-electron chi connectivity index (χ0n) is 18.1. The number of aryl methyl sites for hydroxylation is 1. The number of methoxy groups -OCH3 is 3. The van der Waals surface area contributed by atoms with E-state index in [4.69, 9.17) is 14.2 Å². The van der Waals surface area contributed by atoms with Crippen LogP contribution in [0.4, 0.5) is 11.4 Å². The summed E-state index contributed by atoms with van der Waals surface area (Å²) in [5.74, 6) is -0.943. The van der Waals surface area contributed by atoms with Crippen molar-refractivity contribution >= 4 is 34.3 Å². The number of ether oxygens (including phenoxy) is 3. The predicted octanol–water partition coefficient (Wildman–Crippen LogP) is 2.56. The Hall–Kier alpha value is -2.65. The van der Waals surface area contributed by atoms with Gasteiger partial charge in [-0.1, -0.05) is 0 Å². The Morgan fingerprint density at radius 3 is 2.55 bits per heavy atom. The van der Waals surface area contributed by atoms with Crippen molar-refractivity contribution in [3.8, 4) is 0 Å². The molecular weight excluding hydrogens is 376 g/mol. The molecule has 2 rings (SSSR count). The molecule has 1 amide bonds. The van der Waals surface area contributed by atoms with Crippen LogP contribution in [0.5, 0.6) is 0 Å². The van der Waals surface area contributed by atoms with E-state index in [0.717, 1.165) is 12.1 Å². The van der Waals surface area contributed by atoms with E-state index in [0.29, 0.717) is 16.7 Å². The van der Waals surface area contributed by atoms with Crippen LogP contribution in [0, 0.1) is 0 Å². The number of aromatic nitrogens is 2. The minimum atomic E-state index is -0.567. The van der Waals surface area contributed by atoms with Crippen LogP contribution in [-0.2, 0) is 26.1 Å². The number of nitrogens with zero attached hydrogens (tertiary/aromatic N) is 2. The van der Waals surface area contributed by atoms with Crippen molar-refractivity contribution in [2.45, 2.75) is 38.8 Å². The highest BCUT2D eigenvalue weighted by Crippen LogP contribution is 2.32. The molecule has 2 heterocycles. The highest BCUT2D eigenvalue weighted by molar-refractivity contribution is 6.11. The molecule has 0 aliphatic carbocycles. The molecule has 0 spiro atoms. The van der Waals surface area contributed by atoms with E-state index in [-0.39, 0.29) is 29.9 Å². The van der Waals surface area contributed by atoms with Crippen LogP contribution in [0.25, 0.3) is 11.0 Å². The first-order valence-corrected chi connectivity index (χ1v) is 9.30. The number of carbonyl (C=O) groups excluding carboxylic acids is 2. The number of pyridine rings is 1. The van der Waals surface area contributed by atoms with Crippen molar-refractivity contribution in [3.63, 3.8) is 0 Å². The van der Waals surface area contributed by atoms with Crippen molar-refractivity contribution in [1.29, 1.82) is 0 Å². The van der Waals surface area contributed by atoms with Crippen LogP contribution in [0.3, 0.4) is 0 Å². The third-order valence-electron chi connectivity index (χ3n) is 4.71. The minimum Gasteiger partial charge on any atom is -0.464 e. The standard InChI is InChI=1S/C20H30N4O5/c1-12(9-20(2,3)29-7)22-13-8-14-16(23-15(25)11-27-5)17(19(26)28-6)24(4)18(14)21-10-13/h8,10,12,22H,9,11H2,1-7H3,(H,23,25). The van der Waals surface area contributed by atoms with Gasteiger partial charge in [0.05, 0.1) is 30.3 Å². The number of esters is 1. The van der Waals surface area contributed by atoms with Gasteiger partial charge >= 0.3 is 5.97 Å². The molecule has 29 heavy (non-hydrogen) atoms. The third kappa shape index (κ3) is 5.24. The molecule has 0 fully saturated rings. The lowest BCUT2D eigenvalue weighted by Gasteiger charge is -2.27. The summed E-state index contributed by atoms with van der Waals surface area (Å²) in [5.41, 5.74) is 1.60. The van der Waals surface area contributed by atoms with Gasteiger partial charge in [-0.05, 0) is 33.3 Å². The van der Waals surface area contributed by atoms with E-state index in [9.17, 15) is 9.59 Å². The molecule has 2 N–H and O–H groups in total. The van der Waals surface area contributed by atoms with Crippen LogP contribution < -0.4 is 10.6 Å². The van der Waals surface area contributed by atoms with Crippen LogP contribution >= 0.6 is 0 Å². The average Bonchev–Trinajstić information content (AvgIpc) is 2.92. The summed E-state index contributed by atoms with van der Waals surface area (Å²) < 4.78 is 16.9. The van der Waals surface area contributed by atoms with Gasteiger partial charge in [-0.25, -0.2) is 9.78 Å². The maximum atomic E-state index is 12.3. The Kier molecular flexibility index (Phi) is 7.21. The van der Waals surface area contributed by atoms with Gasteiger partial charge in [-0.2, -0.15) is 0 Å². The van der Waals surface area contributed by atoms with E-state index < -0.39 is 5.97 Å². The third-order valence-corrected chi connectivity index (χ3v) is 4.71. The second-order valence-electron chi connectivity index (χ2n) is 7.56. The largest absolute Gasteiger partial charge is 0.464 e. The maximum absolute atomic E-state index is 12.3. The summed E-state index contributed by atoms with van der Waals surface area (Å²) in [6, 6.07) is 1.97. The molecule has 0 saturated carbocycles. The number of hydrogen-bond acceptors (Lipinski definition) is 7. The van der Waals surface area contributed by atoms with Gasteiger partial charge in [-0.3, -0.25) is 4.79 Å². The molecular formula is C20H30N4O5. The van der Waals surface area contributed by atoms with E-state index in [2.05, 4.69) is 22.5 Å². The van der Waals surface area contributed by atoms with Gasteiger partial charge in [-0.15, -0.1) is 0 Å². The SMILES string of the molecule is COCC(=O)Nc1c(C(=O)OC)n(C)c2ncc(NC(C)CC(C)(C)OC)cc12. The zero-order chi connectivity index (χ0) is 21.8. The lowest BCUT2D eigenvalue weighted by molar-refractivity contribution is -0.119. The number of anilines is 2. The maximum Gasteiger partial charge on any atom is 0.356 e. The van der Waals surface area contributed by atoms with Gasteiger partial charge in [0.25, 0.3) is 0 Å². The molecule has 160 valence electrons. The molecule has 0 radical (unpaired) electrons. The molecule has 2 aromatic rings. The molecule has 2 aromatic heterocycles. The van der Waals surface area contributed by atoms with Crippen LogP contribution in [0.1, 0.15) is 37.7 Å². The molecule has 0 aliphatic rings. The van der Waals surface area contributed by atoms with Gasteiger partial charge in [0.1, 0.15) is 12.3 Å². The van der Waals surface area contributed by atoms with Crippen LogP contribution in [0.2, 0.25) is 0 Å². The Labute approximate surface area is 170 Å². The number of hydrogen-bond donors (Lipinski definition) is 2. The van der Waals surface area contributed by atoms with Crippen LogP contribution in [-0.4, -0.2) is 61.0 Å². The monoisotopic (exact) mass is 406 g/mol. The average molecular weight is 406 g/mol. The fourth-order valence-corrected chi connectivity index (χ4v) is 3.31. The summed E-state index contributed by atoms with van der Waals surface area (Å²) in [5, 5.41) is 6.77. The highest BCUT2D eigenvalue weighted by Gasteiger charge is 2.25. The van der Waals surface area contributed by atoms with Gasteiger partial charge < -0.3 is 29.4 Å². The lowest BCUT2D eigenvalue weighted by Crippen LogP contribution is -2.31. The molecule has 0 aromatic carbocycles. The number of carbonyl (C=O) groups is 2. The summed E-state index contributed by atoms with van der Waals surface area (Å²) in [4.78, 5) is 28.9. The molecule has 9 heteroatoms. The second-order valence-corrected chi connectivity index (χ2v) is 7.56. The first-order valence-electron chi connectivity index (χ1n) is 9.30. The van der Waals surface area contributed by atoms with Gasteiger partial charge in [0.15, 0.2) is 5.69 Å². The van der Waals surface area contributed by atoms with E-state index in [1.807, 2.05) is 19.9 Å². The fourth-order valence-electron chi connectivity index (χ4n) is 3.31.